The molecule has 3 heteroatoms. The van der Waals surface area contributed by atoms with E-state index >= 15 is 0 Å². The molecule has 0 amide bonds. The van der Waals surface area contributed by atoms with Crippen molar-refractivity contribution >= 4 is 17.7 Å². The van der Waals surface area contributed by atoms with Crippen molar-refractivity contribution in [2.75, 3.05) is 0 Å². The Kier molecular flexibility index (Phi) is 3.22. The van der Waals surface area contributed by atoms with Gasteiger partial charge in [-0.05, 0) is 6.92 Å². The van der Waals surface area contributed by atoms with Crippen LogP contribution in [0.2, 0.25) is 0 Å². The molecule has 0 spiro atoms. The zero-order valence-corrected chi connectivity index (χ0v) is 7.66. The summed E-state index contributed by atoms with van der Waals surface area (Å²) in [6.45, 7) is 7.74. The second-order valence-corrected chi connectivity index (χ2v) is 5.38. The molecule has 2 nitrogen and oxygen atoms in total. The van der Waals surface area contributed by atoms with Crippen LogP contribution >= 0.6 is 11.8 Å². The molecule has 0 aliphatic carbocycles. The van der Waals surface area contributed by atoms with Gasteiger partial charge in [-0.2, -0.15) is 0 Å². The Morgan fingerprint density at radius 3 is 2.00 bits per heavy atom. The standard InChI is InChI=1S/C7H14O2S/c1-5(6(8)9)10-7(2,3)4/h5H,1-4H3,(H,8,9)/t5-/m0/s1. The monoisotopic (exact) mass is 162 g/mol. The van der Waals surface area contributed by atoms with Crippen molar-refractivity contribution in [2.45, 2.75) is 37.7 Å². The number of hydrogen-bond donors (Lipinski definition) is 1. The maximum atomic E-state index is 10.4. The lowest BCUT2D eigenvalue weighted by atomic mass is 10.3. The van der Waals surface area contributed by atoms with Crippen LogP contribution in [0.4, 0.5) is 0 Å². The summed E-state index contributed by atoms with van der Waals surface area (Å²) in [6, 6.07) is 0. The number of carboxylic acids is 1. The smallest absolute Gasteiger partial charge is 0.316 e. The van der Waals surface area contributed by atoms with Crippen molar-refractivity contribution in [3.8, 4) is 0 Å². The zero-order valence-electron chi connectivity index (χ0n) is 6.84. The first-order valence-electron chi connectivity index (χ1n) is 3.23. The Labute approximate surface area is 66.0 Å². The van der Waals surface area contributed by atoms with Gasteiger partial charge in [0.05, 0.1) is 5.25 Å². The van der Waals surface area contributed by atoms with Gasteiger partial charge < -0.3 is 5.11 Å². The van der Waals surface area contributed by atoms with Crippen molar-refractivity contribution in [3.05, 3.63) is 0 Å². The van der Waals surface area contributed by atoms with Crippen molar-refractivity contribution < 1.29 is 9.90 Å². The van der Waals surface area contributed by atoms with Crippen molar-refractivity contribution in [1.82, 2.24) is 0 Å². The molecule has 0 aromatic heterocycles. The molecule has 0 fully saturated rings. The Balaban J connectivity index is 3.80. The van der Waals surface area contributed by atoms with Crippen LogP contribution < -0.4 is 0 Å². The van der Waals surface area contributed by atoms with Gasteiger partial charge in [0.25, 0.3) is 0 Å². The average Bonchev–Trinajstić information content (AvgIpc) is 1.60. The molecule has 10 heavy (non-hydrogen) atoms. The molecule has 0 saturated heterocycles. The van der Waals surface area contributed by atoms with Crippen LogP contribution in [-0.2, 0) is 4.79 Å². The third kappa shape index (κ3) is 4.68. The highest BCUT2D eigenvalue weighted by Crippen LogP contribution is 2.27. The summed E-state index contributed by atoms with van der Waals surface area (Å²) >= 11 is 1.47. The highest BCUT2D eigenvalue weighted by atomic mass is 32.2. The van der Waals surface area contributed by atoms with Crippen LogP contribution in [0.1, 0.15) is 27.7 Å². The maximum Gasteiger partial charge on any atom is 0.316 e. The third-order valence-corrected chi connectivity index (χ3v) is 2.14. The van der Waals surface area contributed by atoms with Crippen molar-refractivity contribution in [3.63, 3.8) is 0 Å². The molecule has 0 unspecified atom stereocenters. The number of thioether (sulfide) groups is 1. The number of rotatable bonds is 2. The number of carboxylic acid groups (broad SMARTS) is 1. The molecule has 0 heterocycles. The second-order valence-electron chi connectivity index (χ2n) is 3.21. The SMILES string of the molecule is C[C@H](SC(C)(C)C)C(=O)O. The van der Waals surface area contributed by atoms with E-state index in [4.69, 9.17) is 5.11 Å². The summed E-state index contributed by atoms with van der Waals surface area (Å²) in [5.74, 6) is -0.736. The van der Waals surface area contributed by atoms with Gasteiger partial charge in [0, 0.05) is 4.75 Å². The third-order valence-electron chi connectivity index (χ3n) is 0.878. The molecule has 0 aromatic rings. The summed E-state index contributed by atoms with van der Waals surface area (Å²) in [5, 5.41) is 8.22. The van der Waals surface area contributed by atoms with E-state index in [-0.39, 0.29) is 10.00 Å². The van der Waals surface area contributed by atoms with Crippen LogP contribution in [0.3, 0.4) is 0 Å². The number of carbonyl (C=O) groups is 1. The topological polar surface area (TPSA) is 37.3 Å². The Hall–Kier alpha value is -0.180. The van der Waals surface area contributed by atoms with E-state index < -0.39 is 5.97 Å². The minimum absolute atomic E-state index is 0.0395. The van der Waals surface area contributed by atoms with Crippen LogP contribution in [-0.4, -0.2) is 21.1 Å². The number of aliphatic carboxylic acids is 1. The molecule has 60 valence electrons. The predicted molar refractivity (Wildman–Crippen MR) is 44.4 cm³/mol. The summed E-state index contributed by atoms with van der Waals surface area (Å²) in [5.41, 5.74) is 0. The maximum absolute atomic E-state index is 10.4. The normalized spacial score (nSPS) is 14.8. The first-order chi connectivity index (χ1) is 4.33. The molecule has 0 aliphatic rings. The van der Waals surface area contributed by atoms with Crippen LogP contribution in [0, 0.1) is 0 Å². The molecule has 0 aliphatic heterocycles. The van der Waals surface area contributed by atoms with Crippen LogP contribution in [0.25, 0.3) is 0 Å². The molecule has 1 atom stereocenters. The van der Waals surface area contributed by atoms with E-state index in [0.29, 0.717) is 0 Å². The van der Waals surface area contributed by atoms with E-state index in [1.54, 1.807) is 6.92 Å². The van der Waals surface area contributed by atoms with E-state index in [1.165, 1.54) is 11.8 Å². The first-order valence-corrected chi connectivity index (χ1v) is 4.11. The van der Waals surface area contributed by atoms with Gasteiger partial charge in [0.2, 0.25) is 0 Å². The summed E-state index contributed by atoms with van der Waals surface area (Å²) in [7, 11) is 0. The van der Waals surface area contributed by atoms with Gasteiger partial charge in [-0.3, -0.25) is 4.79 Å². The summed E-state index contributed by atoms with van der Waals surface area (Å²) < 4.78 is 0.0395. The average molecular weight is 162 g/mol. The lowest BCUT2D eigenvalue weighted by Gasteiger charge is -2.19. The molecule has 0 saturated carbocycles. The van der Waals surface area contributed by atoms with Gasteiger partial charge in [0.1, 0.15) is 0 Å². The molecule has 0 bridgehead atoms. The lowest BCUT2D eigenvalue weighted by molar-refractivity contribution is -0.136. The molecule has 1 N–H and O–H groups in total. The van der Waals surface area contributed by atoms with Crippen LogP contribution in [0.15, 0.2) is 0 Å². The summed E-state index contributed by atoms with van der Waals surface area (Å²) in [6.07, 6.45) is 0. The van der Waals surface area contributed by atoms with E-state index in [1.807, 2.05) is 20.8 Å². The minimum atomic E-state index is -0.736. The fourth-order valence-corrected chi connectivity index (χ4v) is 1.74. The fraction of sp³-hybridized carbons (Fsp3) is 0.857. The highest BCUT2D eigenvalue weighted by Gasteiger charge is 2.20. The van der Waals surface area contributed by atoms with Crippen molar-refractivity contribution in [2.24, 2.45) is 0 Å². The molecular formula is C7H14O2S. The second kappa shape index (κ2) is 3.28. The Bertz CT molecular complexity index is 126. The quantitative estimate of drug-likeness (QED) is 0.674. The minimum Gasteiger partial charge on any atom is -0.480 e. The summed E-state index contributed by atoms with van der Waals surface area (Å²) in [4.78, 5) is 10.4. The van der Waals surface area contributed by atoms with Gasteiger partial charge in [-0.15, -0.1) is 11.8 Å². The van der Waals surface area contributed by atoms with Gasteiger partial charge >= 0.3 is 5.97 Å². The Morgan fingerprint density at radius 1 is 1.50 bits per heavy atom. The lowest BCUT2D eigenvalue weighted by Crippen LogP contribution is -2.20. The van der Waals surface area contributed by atoms with Gasteiger partial charge in [-0.1, -0.05) is 20.8 Å². The van der Waals surface area contributed by atoms with Gasteiger partial charge in [-0.25, -0.2) is 0 Å². The first kappa shape index (κ1) is 9.82. The fourth-order valence-electron chi connectivity index (χ4n) is 0.581. The van der Waals surface area contributed by atoms with E-state index in [9.17, 15) is 4.79 Å². The largest absolute Gasteiger partial charge is 0.480 e. The molecule has 0 aromatic carbocycles. The molecule has 0 rings (SSSR count). The molecular weight excluding hydrogens is 148 g/mol. The van der Waals surface area contributed by atoms with Gasteiger partial charge in [0.15, 0.2) is 0 Å². The predicted octanol–water partition coefficient (Wildman–Crippen LogP) is 1.99. The number of hydrogen-bond acceptors (Lipinski definition) is 2. The van der Waals surface area contributed by atoms with Crippen LogP contribution in [0.5, 0.6) is 0 Å². The van der Waals surface area contributed by atoms with Crippen molar-refractivity contribution in [1.29, 1.82) is 0 Å². The van der Waals surface area contributed by atoms with E-state index in [0.717, 1.165) is 0 Å². The highest BCUT2D eigenvalue weighted by molar-refractivity contribution is 8.01. The van der Waals surface area contributed by atoms with E-state index in [2.05, 4.69) is 0 Å². The molecule has 0 radical (unpaired) electrons. The Morgan fingerprint density at radius 2 is 1.90 bits per heavy atom. The zero-order chi connectivity index (χ0) is 8.36.